The third kappa shape index (κ3) is 6.22. The number of nitrogens with two attached hydrogens (primary N) is 1. The van der Waals surface area contributed by atoms with E-state index in [2.05, 4.69) is 5.32 Å². The molecule has 6 heteroatoms. The fourth-order valence-electron chi connectivity index (χ4n) is 2.51. The van der Waals surface area contributed by atoms with E-state index in [-0.39, 0.29) is 24.9 Å². The molecular formula is C20H25N3O3. The lowest BCUT2D eigenvalue weighted by Gasteiger charge is -2.23. The van der Waals surface area contributed by atoms with Crippen LogP contribution in [-0.2, 0) is 22.6 Å². The van der Waals surface area contributed by atoms with E-state index < -0.39 is 0 Å². The molecule has 0 aliphatic heterocycles. The molecule has 2 amide bonds. The van der Waals surface area contributed by atoms with Gasteiger partial charge in [-0.2, -0.15) is 0 Å². The maximum Gasteiger partial charge on any atom is 0.242 e. The van der Waals surface area contributed by atoms with Gasteiger partial charge in [0.1, 0.15) is 5.75 Å². The van der Waals surface area contributed by atoms with Gasteiger partial charge in [0.25, 0.3) is 0 Å². The SMILES string of the molecule is COc1ccc(CCN(Cc2ccccc2)C(=O)CNC(=O)CN)cc1. The van der Waals surface area contributed by atoms with Crippen molar-refractivity contribution in [3.8, 4) is 5.75 Å². The minimum absolute atomic E-state index is 0.0501. The number of nitrogens with zero attached hydrogens (tertiary/aromatic N) is 1. The van der Waals surface area contributed by atoms with Crippen molar-refractivity contribution in [2.75, 3.05) is 26.7 Å². The van der Waals surface area contributed by atoms with Crippen LogP contribution in [-0.4, -0.2) is 43.5 Å². The van der Waals surface area contributed by atoms with Crippen LogP contribution >= 0.6 is 0 Å². The van der Waals surface area contributed by atoms with Gasteiger partial charge in [-0.1, -0.05) is 42.5 Å². The van der Waals surface area contributed by atoms with Crippen molar-refractivity contribution in [2.24, 2.45) is 5.73 Å². The molecule has 2 aromatic rings. The highest BCUT2D eigenvalue weighted by molar-refractivity contribution is 5.85. The molecule has 0 saturated carbocycles. The van der Waals surface area contributed by atoms with Crippen LogP contribution in [0.25, 0.3) is 0 Å². The van der Waals surface area contributed by atoms with Crippen molar-refractivity contribution in [2.45, 2.75) is 13.0 Å². The quantitative estimate of drug-likeness (QED) is 0.711. The van der Waals surface area contributed by atoms with Gasteiger partial charge in [0.05, 0.1) is 20.2 Å². The van der Waals surface area contributed by atoms with Crippen LogP contribution in [0.5, 0.6) is 5.75 Å². The predicted molar refractivity (Wildman–Crippen MR) is 101 cm³/mol. The van der Waals surface area contributed by atoms with Crippen molar-refractivity contribution in [1.82, 2.24) is 10.2 Å². The summed E-state index contributed by atoms with van der Waals surface area (Å²) in [5.41, 5.74) is 7.42. The summed E-state index contributed by atoms with van der Waals surface area (Å²) in [6, 6.07) is 17.6. The standard InChI is InChI=1S/C20H25N3O3/c1-26-18-9-7-16(8-10-18)11-12-23(15-17-5-3-2-4-6-17)20(25)14-22-19(24)13-21/h2-10H,11-15,21H2,1H3,(H,22,24). The summed E-state index contributed by atoms with van der Waals surface area (Å²) in [6.45, 7) is 0.871. The van der Waals surface area contributed by atoms with Gasteiger partial charge in [0, 0.05) is 13.1 Å². The molecular weight excluding hydrogens is 330 g/mol. The summed E-state index contributed by atoms with van der Waals surface area (Å²) >= 11 is 0. The summed E-state index contributed by atoms with van der Waals surface area (Å²) < 4.78 is 5.16. The number of rotatable bonds is 9. The van der Waals surface area contributed by atoms with Gasteiger partial charge in [0.2, 0.25) is 11.8 Å². The molecule has 2 rings (SSSR count). The monoisotopic (exact) mass is 355 g/mol. The molecule has 26 heavy (non-hydrogen) atoms. The minimum atomic E-state index is -0.340. The molecule has 0 unspecified atom stereocenters. The Labute approximate surface area is 153 Å². The molecule has 0 aliphatic carbocycles. The van der Waals surface area contributed by atoms with Gasteiger partial charge in [0.15, 0.2) is 0 Å². The van der Waals surface area contributed by atoms with E-state index in [1.807, 2.05) is 54.6 Å². The van der Waals surface area contributed by atoms with E-state index in [1.54, 1.807) is 12.0 Å². The molecule has 2 aromatic carbocycles. The van der Waals surface area contributed by atoms with Gasteiger partial charge < -0.3 is 20.7 Å². The number of nitrogens with one attached hydrogen (secondary N) is 1. The number of methoxy groups -OCH3 is 1. The van der Waals surface area contributed by atoms with Crippen LogP contribution in [0.2, 0.25) is 0 Å². The van der Waals surface area contributed by atoms with Crippen molar-refractivity contribution in [1.29, 1.82) is 0 Å². The van der Waals surface area contributed by atoms with E-state index in [4.69, 9.17) is 10.5 Å². The van der Waals surface area contributed by atoms with E-state index in [0.29, 0.717) is 19.5 Å². The van der Waals surface area contributed by atoms with Crippen LogP contribution in [0.3, 0.4) is 0 Å². The van der Waals surface area contributed by atoms with Gasteiger partial charge in [-0.05, 0) is 29.7 Å². The van der Waals surface area contributed by atoms with Crippen LogP contribution < -0.4 is 15.8 Å². The normalized spacial score (nSPS) is 10.2. The predicted octanol–water partition coefficient (Wildman–Crippen LogP) is 1.34. The third-order valence-corrected chi connectivity index (χ3v) is 4.02. The molecule has 0 saturated heterocycles. The van der Waals surface area contributed by atoms with Crippen molar-refractivity contribution >= 4 is 11.8 Å². The van der Waals surface area contributed by atoms with Gasteiger partial charge in [-0.15, -0.1) is 0 Å². The van der Waals surface area contributed by atoms with Crippen molar-refractivity contribution < 1.29 is 14.3 Å². The summed E-state index contributed by atoms with van der Waals surface area (Å²) in [6.07, 6.45) is 0.716. The number of carbonyl (C=O) groups is 2. The number of carbonyl (C=O) groups excluding carboxylic acids is 2. The molecule has 3 N–H and O–H groups in total. The Morgan fingerprint density at radius 3 is 2.35 bits per heavy atom. The number of hydrogen-bond donors (Lipinski definition) is 2. The maximum absolute atomic E-state index is 12.5. The second kappa shape index (κ2) is 10.2. The topological polar surface area (TPSA) is 84.7 Å². The maximum atomic E-state index is 12.5. The number of hydrogen-bond acceptors (Lipinski definition) is 4. The lowest BCUT2D eigenvalue weighted by molar-refractivity contribution is -0.133. The summed E-state index contributed by atoms with van der Waals surface area (Å²) in [5.74, 6) is 0.327. The Morgan fingerprint density at radius 1 is 1.04 bits per heavy atom. The molecule has 0 aromatic heterocycles. The van der Waals surface area contributed by atoms with Crippen LogP contribution in [0.1, 0.15) is 11.1 Å². The van der Waals surface area contributed by atoms with Crippen LogP contribution in [0.4, 0.5) is 0 Å². The lowest BCUT2D eigenvalue weighted by Crippen LogP contribution is -2.42. The Bertz CT molecular complexity index is 702. The third-order valence-electron chi connectivity index (χ3n) is 4.02. The summed E-state index contributed by atoms with van der Waals surface area (Å²) in [4.78, 5) is 25.6. The highest BCUT2D eigenvalue weighted by Crippen LogP contribution is 2.13. The second-order valence-electron chi connectivity index (χ2n) is 5.88. The van der Waals surface area contributed by atoms with Crippen LogP contribution in [0, 0.1) is 0 Å². The Kier molecular flexibility index (Phi) is 7.64. The lowest BCUT2D eigenvalue weighted by atomic mass is 10.1. The molecule has 0 bridgehead atoms. The first-order valence-electron chi connectivity index (χ1n) is 8.53. The summed E-state index contributed by atoms with van der Waals surface area (Å²) in [5, 5.41) is 2.54. The first kappa shape index (κ1) is 19.5. The molecule has 0 fully saturated rings. The molecule has 138 valence electrons. The van der Waals surface area contributed by atoms with E-state index in [1.165, 1.54) is 0 Å². The fraction of sp³-hybridized carbons (Fsp3) is 0.300. The Morgan fingerprint density at radius 2 is 1.73 bits per heavy atom. The minimum Gasteiger partial charge on any atom is -0.497 e. The smallest absolute Gasteiger partial charge is 0.242 e. The van der Waals surface area contributed by atoms with Crippen molar-refractivity contribution in [3.63, 3.8) is 0 Å². The first-order valence-corrected chi connectivity index (χ1v) is 8.53. The largest absolute Gasteiger partial charge is 0.497 e. The fourth-order valence-corrected chi connectivity index (χ4v) is 2.51. The average Bonchev–Trinajstić information content (AvgIpc) is 2.70. The zero-order valence-corrected chi connectivity index (χ0v) is 15.0. The molecule has 0 radical (unpaired) electrons. The van der Waals surface area contributed by atoms with E-state index in [0.717, 1.165) is 16.9 Å². The highest BCUT2D eigenvalue weighted by Gasteiger charge is 2.15. The van der Waals surface area contributed by atoms with E-state index >= 15 is 0 Å². The first-order chi connectivity index (χ1) is 12.6. The van der Waals surface area contributed by atoms with Gasteiger partial charge >= 0.3 is 0 Å². The zero-order chi connectivity index (χ0) is 18.8. The highest BCUT2D eigenvalue weighted by atomic mass is 16.5. The molecule has 0 atom stereocenters. The summed E-state index contributed by atoms with van der Waals surface area (Å²) in [7, 11) is 1.63. The number of benzene rings is 2. The molecule has 0 heterocycles. The number of amides is 2. The molecule has 0 spiro atoms. The van der Waals surface area contributed by atoms with Crippen molar-refractivity contribution in [3.05, 3.63) is 65.7 Å². The number of ether oxygens (including phenoxy) is 1. The Hall–Kier alpha value is -2.86. The Balaban J connectivity index is 2.01. The molecule has 0 aliphatic rings. The van der Waals surface area contributed by atoms with Gasteiger partial charge in [-0.25, -0.2) is 0 Å². The van der Waals surface area contributed by atoms with E-state index in [9.17, 15) is 9.59 Å². The zero-order valence-electron chi connectivity index (χ0n) is 15.0. The second-order valence-corrected chi connectivity index (χ2v) is 5.88. The van der Waals surface area contributed by atoms with Gasteiger partial charge in [-0.3, -0.25) is 9.59 Å². The molecule has 6 nitrogen and oxygen atoms in total. The average molecular weight is 355 g/mol. The van der Waals surface area contributed by atoms with Crippen LogP contribution in [0.15, 0.2) is 54.6 Å².